The average molecular weight is 264 g/mol. The summed E-state index contributed by atoms with van der Waals surface area (Å²) >= 11 is 1.62. The zero-order valence-corrected chi connectivity index (χ0v) is 10.6. The van der Waals surface area contributed by atoms with Gasteiger partial charge in [0, 0.05) is 30.4 Å². The van der Waals surface area contributed by atoms with E-state index in [1.807, 2.05) is 18.2 Å². The molecule has 4 aromatic heterocycles. The molecule has 0 amide bonds. The van der Waals surface area contributed by atoms with E-state index < -0.39 is 0 Å². The van der Waals surface area contributed by atoms with Crippen LogP contribution in [0.1, 0.15) is 0 Å². The molecule has 0 radical (unpaired) electrons. The molecule has 0 saturated carbocycles. The van der Waals surface area contributed by atoms with Crippen molar-refractivity contribution in [2.24, 2.45) is 0 Å². The number of hydrogen-bond donors (Lipinski definition) is 0. The molecule has 90 valence electrons. The monoisotopic (exact) mass is 264 g/mol. The highest BCUT2D eigenvalue weighted by Gasteiger charge is 2.09. The lowest BCUT2D eigenvalue weighted by atomic mass is 10.2. The van der Waals surface area contributed by atoms with Crippen LogP contribution < -0.4 is 0 Å². The minimum Gasteiger partial charge on any atom is -0.265 e. The van der Waals surface area contributed by atoms with Crippen LogP contribution in [-0.4, -0.2) is 19.9 Å². The van der Waals surface area contributed by atoms with Crippen LogP contribution in [0.15, 0.2) is 49.1 Å². The van der Waals surface area contributed by atoms with E-state index in [1.54, 1.807) is 36.1 Å². The number of hydrogen-bond acceptors (Lipinski definition) is 5. The van der Waals surface area contributed by atoms with Crippen LogP contribution in [-0.2, 0) is 0 Å². The number of fused-ring (bicyclic) bond motifs is 3. The molecule has 4 heterocycles. The van der Waals surface area contributed by atoms with Gasteiger partial charge >= 0.3 is 0 Å². The zero-order chi connectivity index (χ0) is 12.7. The normalized spacial score (nSPS) is 11.2. The van der Waals surface area contributed by atoms with Gasteiger partial charge in [-0.15, -0.1) is 11.3 Å². The highest BCUT2D eigenvalue weighted by molar-refractivity contribution is 7.25. The van der Waals surface area contributed by atoms with Gasteiger partial charge in [-0.1, -0.05) is 0 Å². The van der Waals surface area contributed by atoms with Crippen molar-refractivity contribution in [1.29, 1.82) is 0 Å². The van der Waals surface area contributed by atoms with Crippen LogP contribution in [0, 0.1) is 0 Å². The number of rotatable bonds is 1. The van der Waals surface area contributed by atoms with Gasteiger partial charge in [-0.05, 0) is 24.3 Å². The van der Waals surface area contributed by atoms with Gasteiger partial charge < -0.3 is 0 Å². The third-order valence-corrected chi connectivity index (χ3v) is 3.97. The summed E-state index contributed by atoms with van der Waals surface area (Å²) in [6.07, 6.45) is 6.95. The molecule has 0 aliphatic rings. The van der Waals surface area contributed by atoms with E-state index in [-0.39, 0.29) is 0 Å². The molecule has 0 aromatic carbocycles. The molecule has 4 rings (SSSR count). The standard InChI is InChI=1S/C14H8N4S/c1-2-11-12(13-14(19-11)17-8-7-16-13)18-10(1)9-3-5-15-6-4-9/h1-8H. The number of nitrogens with zero attached hydrogens (tertiary/aromatic N) is 4. The molecule has 19 heavy (non-hydrogen) atoms. The Balaban J connectivity index is 2.03. The van der Waals surface area contributed by atoms with Crippen LogP contribution >= 0.6 is 11.3 Å². The third kappa shape index (κ3) is 1.67. The lowest BCUT2D eigenvalue weighted by molar-refractivity contribution is 1.30. The van der Waals surface area contributed by atoms with E-state index in [4.69, 9.17) is 4.98 Å². The Morgan fingerprint density at radius 1 is 0.789 bits per heavy atom. The fraction of sp³-hybridized carbons (Fsp3) is 0. The van der Waals surface area contributed by atoms with Gasteiger partial charge in [-0.2, -0.15) is 0 Å². The second-order valence-electron chi connectivity index (χ2n) is 4.09. The second kappa shape index (κ2) is 4.07. The molecule has 0 aliphatic carbocycles. The molecule has 0 fully saturated rings. The Kier molecular flexibility index (Phi) is 2.25. The van der Waals surface area contributed by atoms with E-state index in [2.05, 4.69) is 21.0 Å². The molecule has 5 heteroatoms. The molecular formula is C14H8N4S. The van der Waals surface area contributed by atoms with E-state index in [9.17, 15) is 0 Å². The molecule has 4 aromatic rings. The SMILES string of the molecule is c1cc(-c2ccc3sc4nccnc4c3n2)ccn1. The largest absolute Gasteiger partial charge is 0.265 e. The predicted octanol–water partition coefficient (Wildman–Crippen LogP) is 3.30. The Morgan fingerprint density at radius 3 is 2.53 bits per heavy atom. The van der Waals surface area contributed by atoms with Crippen LogP contribution in [0.2, 0.25) is 0 Å². The van der Waals surface area contributed by atoms with Crippen molar-refractivity contribution in [2.45, 2.75) is 0 Å². The average Bonchev–Trinajstić information content (AvgIpc) is 2.86. The molecule has 0 aliphatic heterocycles. The second-order valence-corrected chi connectivity index (χ2v) is 5.12. The van der Waals surface area contributed by atoms with Crippen molar-refractivity contribution in [3.63, 3.8) is 0 Å². The number of thiophene rings is 1. The predicted molar refractivity (Wildman–Crippen MR) is 75.9 cm³/mol. The summed E-state index contributed by atoms with van der Waals surface area (Å²) in [6, 6.07) is 8.00. The topological polar surface area (TPSA) is 51.6 Å². The molecular weight excluding hydrogens is 256 g/mol. The maximum atomic E-state index is 4.71. The van der Waals surface area contributed by atoms with Crippen LogP contribution in [0.4, 0.5) is 0 Å². The third-order valence-electron chi connectivity index (χ3n) is 2.93. The van der Waals surface area contributed by atoms with Crippen molar-refractivity contribution in [3.8, 4) is 11.3 Å². The first-order valence-electron chi connectivity index (χ1n) is 5.82. The summed E-state index contributed by atoms with van der Waals surface area (Å²) in [5.41, 5.74) is 3.78. The lowest BCUT2D eigenvalue weighted by Gasteiger charge is -1.99. The summed E-state index contributed by atoms with van der Waals surface area (Å²) in [5.74, 6) is 0. The lowest BCUT2D eigenvalue weighted by Crippen LogP contribution is -1.84. The fourth-order valence-corrected chi connectivity index (χ4v) is 2.99. The first-order chi connectivity index (χ1) is 9.42. The van der Waals surface area contributed by atoms with E-state index in [0.29, 0.717) is 0 Å². The van der Waals surface area contributed by atoms with Gasteiger partial charge in [0.15, 0.2) is 0 Å². The van der Waals surface area contributed by atoms with Gasteiger partial charge in [0.05, 0.1) is 10.4 Å². The van der Waals surface area contributed by atoms with Crippen LogP contribution in [0.3, 0.4) is 0 Å². The number of aromatic nitrogens is 4. The van der Waals surface area contributed by atoms with Gasteiger partial charge in [-0.25, -0.2) is 15.0 Å². The molecule has 0 saturated heterocycles. The summed E-state index contributed by atoms with van der Waals surface area (Å²) in [7, 11) is 0. The summed E-state index contributed by atoms with van der Waals surface area (Å²) in [5, 5.41) is 0. The quantitative estimate of drug-likeness (QED) is 0.529. The van der Waals surface area contributed by atoms with Gasteiger partial charge in [0.1, 0.15) is 15.9 Å². The zero-order valence-electron chi connectivity index (χ0n) is 9.82. The summed E-state index contributed by atoms with van der Waals surface area (Å²) in [6.45, 7) is 0. The smallest absolute Gasteiger partial charge is 0.144 e. The summed E-state index contributed by atoms with van der Waals surface area (Å²) in [4.78, 5) is 18.4. The van der Waals surface area contributed by atoms with Crippen molar-refractivity contribution in [3.05, 3.63) is 49.1 Å². The minimum absolute atomic E-state index is 0.874. The highest BCUT2D eigenvalue weighted by atomic mass is 32.1. The number of pyridine rings is 2. The molecule has 0 bridgehead atoms. The van der Waals surface area contributed by atoms with Gasteiger partial charge in [-0.3, -0.25) is 4.98 Å². The Morgan fingerprint density at radius 2 is 1.63 bits per heavy atom. The van der Waals surface area contributed by atoms with E-state index >= 15 is 0 Å². The first kappa shape index (κ1) is 10.5. The Hall–Kier alpha value is -2.40. The highest BCUT2D eigenvalue weighted by Crippen LogP contribution is 2.31. The molecule has 0 N–H and O–H groups in total. The minimum atomic E-state index is 0.874. The Labute approximate surface area is 112 Å². The maximum Gasteiger partial charge on any atom is 0.144 e. The first-order valence-corrected chi connectivity index (χ1v) is 6.64. The van der Waals surface area contributed by atoms with Gasteiger partial charge in [0.2, 0.25) is 0 Å². The molecule has 0 unspecified atom stereocenters. The fourth-order valence-electron chi connectivity index (χ4n) is 2.05. The molecule has 4 nitrogen and oxygen atoms in total. The van der Waals surface area contributed by atoms with Crippen molar-refractivity contribution in [1.82, 2.24) is 19.9 Å². The van der Waals surface area contributed by atoms with Crippen LogP contribution in [0.25, 0.3) is 31.8 Å². The van der Waals surface area contributed by atoms with Crippen molar-refractivity contribution >= 4 is 31.9 Å². The molecule has 0 spiro atoms. The van der Waals surface area contributed by atoms with Crippen LogP contribution in [0.5, 0.6) is 0 Å². The Bertz CT molecular complexity index is 870. The van der Waals surface area contributed by atoms with E-state index in [1.165, 1.54) is 0 Å². The van der Waals surface area contributed by atoms with Gasteiger partial charge in [0.25, 0.3) is 0 Å². The maximum absolute atomic E-state index is 4.71. The molecule has 0 atom stereocenters. The van der Waals surface area contributed by atoms with Crippen molar-refractivity contribution in [2.75, 3.05) is 0 Å². The summed E-state index contributed by atoms with van der Waals surface area (Å²) < 4.78 is 1.11. The van der Waals surface area contributed by atoms with E-state index in [0.717, 1.165) is 31.8 Å². The van der Waals surface area contributed by atoms with Crippen molar-refractivity contribution < 1.29 is 0 Å².